The van der Waals surface area contributed by atoms with Crippen LogP contribution >= 0.6 is 11.6 Å². The van der Waals surface area contributed by atoms with Gasteiger partial charge in [-0.25, -0.2) is 4.98 Å². The van der Waals surface area contributed by atoms with Crippen LogP contribution in [-0.4, -0.2) is 16.6 Å². The highest BCUT2D eigenvalue weighted by Gasteiger charge is 2.03. The number of ether oxygens (including phenoxy) is 1. The molecular formula is C16H20ClN3O. The standard InChI is InChI=1S/C16H20ClN3O/c1-3-7-21-15-8-12(2)19-16(20-15)18-11-14-6-4-5-13(9-14)10-17/h4-6,8-9H,3,7,10-11H2,1-2H3,(H,18,19,20). The van der Waals surface area contributed by atoms with E-state index in [1.807, 2.05) is 31.2 Å². The first-order valence-electron chi connectivity index (χ1n) is 7.07. The average molecular weight is 306 g/mol. The zero-order valence-corrected chi connectivity index (χ0v) is 13.2. The van der Waals surface area contributed by atoms with Crippen LogP contribution in [0.1, 0.15) is 30.2 Å². The SMILES string of the molecule is CCCOc1cc(C)nc(NCc2cccc(CCl)c2)n1. The molecule has 0 unspecified atom stereocenters. The molecule has 21 heavy (non-hydrogen) atoms. The Balaban J connectivity index is 2.03. The van der Waals surface area contributed by atoms with E-state index in [9.17, 15) is 0 Å². The number of benzene rings is 1. The van der Waals surface area contributed by atoms with Gasteiger partial charge >= 0.3 is 0 Å². The fourth-order valence-electron chi connectivity index (χ4n) is 1.90. The summed E-state index contributed by atoms with van der Waals surface area (Å²) in [6, 6.07) is 9.98. The normalized spacial score (nSPS) is 10.4. The van der Waals surface area contributed by atoms with Crippen molar-refractivity contribution >= 4 is 17.5 Å². The number of halogens is 1. The van der Waals surface area contributed by atoms with Crippen molar-refractivity contribution in [2.24, 2.45) is 0 Å². The van der Waals surface area contributed by atoms with Gasteiger partial charge in [-0.05, 0) is 24.5 Å². The topological polar surface area (TPSA) is 47.0 Å². The fraction of sp³-hybridized carbons (Fsp3) is 0.375. The van der Waals surface area contributed by atoms with Gasteiger partial charge in [-0.3, -0.25) is 0 Å². The average Bonchev–Trinajstić information content (AvgIpc) is 2.50. The van der Waals surface area contributed by atoms with Gasteiger partial charge in [-0.15, -0.1) is 11.6 Å². The van der Waals surface area contributed by atoms with Gasteiger partial charge in [0, 0.05) is 24.2 Å². The zero-order valence-electron chi connectivity index (χ0n) is 12.4. The molecule has 0 saturated carbocycles. The number of aromatic nitrogens is 2. The number of rotatable bonds is 7. The van der Waals surface area contributed by atoms with Gasteiger partial charge in [0.25, 0.3) is 0 Å². The summed E-state index contributed by atoms with van der Waals surface area (Å²) in [6.45, 7) is 5.31. The van der Waals surface area contributed by atoms with E-state index in [0.717, 1.165) is 23.2 Å². The van der Waals surface area contributed by atoms with E-state index in [1.165, 1.54) is 0 Å². The molecule has 1 heterocycles. The maximum Gasteiger partial charge on any atom is 0.226 e. The lowest BCUT2D eigenvalue weighted by atomic mass is 10.1. The van der Waals surface area contributed by atoms with E-state index in [4.69, 9.17) is 16.3 Å². The Morgan fingerprint density at radius 3 is 2.76 bits per heavy atom. The van der Waals surface area contributed by atoms with Crippen molar-refractivity contribution < 1.29 is 4.74 Å². The summed E-state index contributed by atoms with van der Waals surface area (Å²) in [4.78, 5) is 8.73. The molecule has 0 aliphatic heterocycles. The van der Waals surface area contributed by atoms with Gasteiger partial charge in [0.05, 0.1) is 6.61 Å². The highest BCUT2D eigenvalue weighted by molar-refractivity contribution is 6.17. The Labute approximate surface area is 130 Å². The van der Waals surface area contributed by atoms with Crippen molar-refractivity contribution in [1.82, 2.24) is 9.97 Å². The second kappa shape index (κ2) is 7.84. The molecule has 0 aliphatic rings. The molecule has 112 valence electrons. The Bertz CT molecular complexity index is 589. The molecule has 2 aromatic rings. The molecule has 2 rings (SSSR count). The molecule has 0 saturated heterocycles. The first-order chi connectivity index (χ1) is 10.2. The van der Waals surface area contributed by atoms with Crippen LogP contribution in [0.3, 0.4) is 0 Å². The molecular weight excluding hydrogens is 286 g/mol. The van der Waals surface area contributed by atoms with Gasteiger partial charge in [-0.1, -0.05) is 31.2 Å². The maximum atomic E-state index is 5.84. The number of hydrogen-bond acceptors (Lipinski definition) is 4. The van der Waals surface area contributed by atoms with Gasteiger partial charge in [-0.2, -0.15) is 4.98 Å². The van der Waals surface area contributed by atoms with E-state index in [2.05, 4.69) is 28.3 Å². The molecule has 4 nitrogen and oxygen atoms in total. The molecule has 1 N–H and O–H groups in total. The van der Waals surface area contributed by atoms with Gasteiger partial charge in [0.2, 0.25) is 11.8 Å². The predicted molar refractivity (Wildman–Crippen MR) is 85.9 cm³/mol. The van der Waals surface area contributed by atoms with E-state index in [0.29, 0.717) is 30.9 Å². The number of alkyl halides is 1. The van der Waals surface area contributed by atoms with Crippen LogP contribution in [0.25, 0.3) is 0 Å². The van der Waals surface area contributed by atoms with E-state index >= 15 is 0 Å². The second-order valence-electron chi connectivity index (χ2n) is 4.83. The van der Waals surface area contributed by atoms with Crippen LogP contribution in [0, 0.1) is 6.92 Å². The van der Waals surface area contributed by atoms with Crippen LogP contribution in [0.5, 0.6) is 5.88 Å². The Hall–Kier alpha value is -1.81. The molecule has 0 amide bonds. The summed E-state index contributed by atoms with van der Waals surface area (Å²) < 4.78 is 5.56. The van der Waals surface area contributed by atoms with E-state index < -0.39 is 0 Å². The zero-order chi connectivity index (χ0) is 15.1. The third-order valence-corrected chi connectivity index (χ3v) is 3.19. The summed E-state index contributed by atoms with van der Waals surface area (Å²) in [5.74, 6) is 1.71. The van der Waals surface area contributed by atoms with Gasteiger partial charge < -0.3 is 10.1 Å². The monoisotopic (exact) mass is 305 g/mol. The molecule has 1 aromatic heterocycles. The lowest BCUT2D eigenvalue weighted by Gasteiger charge is -2.09. The smallest absolute Gasteiger partial charge is 0.226 e. The van der Waals surface area contributed by atoms with Gasteiger partial charge in [0.1, 0.15) is 0 Å². The molecule has 0 spiro atoms. The lowest BCUT2D eigenvalue weighted by Crippen LogP contribution is -2.06. The van der Waals surface area contributed by atoms with Crippen LogP contribution in [-0.2, 0) is 12.4 Å². The summed E-state index contributed by atoms with van der Waals surface area (Å²) in [5, 5.41) is 3.22. The molecule has 1 aromatic carbocycles. The third-order valence-electron chi connectivity index (χ3n) is 2.88. The molecule has 0 fully saturated rings. The summed E-state index contributed by atoms with van der Waals surface area (Å²) in [7, 11) is 0. The summed E-state index contributed by atoms with van der Waals surface area (Å²) in [6.07, 6.45) is 0.955. The number of nitrogens with one attached hydrogen (secondary N) is 1. The van der Waals surface area contributed by atoms with Gasteiger partial charge in [0.15, 0.2) is 0 Å². The summed E-state index contributed by atoms with van der Waals surface area (Å²) >= 11 is 5.84. The number of aryl methyl sites for hydroxylation is 1. The first kappa shape index (κ1) is 15.6. The maximum absolute atomic E-state index is 5.84. The van der Waals surface area contributed by atoms with Crippen molar-refractivity contribution in [3.63, 3.8) is 0 Å². The quantitative estimate of drug-likeness (QED) is 0.788. The van der Waals surface area contributed by atoms with Crippen LogP contribution in [0.2, 0.25) is 0 Å². The highest BCUT2D eigenvalue weighted by atomic mass is 35.5. The molecule has 0 aliphatic carbocycles. The molecule has 5 heteroatoms. The number of nitrogens with zero attached hydrogens (tertiary/aromatic N) is 2. The molecule has 0 radical (unpaired) electrons. The summed E-state index contributed by atoms with van der Waals surface area (Å²) in [5.41, 5.74) is 3.13. The Morgan fingerprint density at radius 2 is 2.00 bits per heavy atom. The van der Waals surface area contributed by atoms with Crippen molar-refractivity contribution in [2.75, 3.05) is 11.9 Å². The minimum absolute atomic E-state index is 0.518. The predicted octanol–water partition coefficient (Wildman–Crippen LogP) is 3.92. The van der Waals surface area contributed by atoms with Crippen molar-refractivity contribution in [3.05, 3.63) is 47.2 Å². The fourth-order valence-corrected chi connectivity index (χ4v) is 2.07. The van der Waals surface area contributed by atoms with Crippen LogP contribution in [0.15, 0.2) is 30.3 Å². The molecule has 0 bridgehead atoms. The minimum Gasteiger partial charge on any atom is -0.478 e. The largest absolute Gasteiger partial charge is 0.478 e. The van der Waals surface area contributed by atoms with Crippen molar-refractivity contribution in [3.8, 4) is 5.88 Å². The Kier molecular flexibility index (Phi) is 5.81. The Morgan fingerprint density at radius 1 is 1.19 bits per heavy atom. The first-order valence-corrected chi connectivity index (χ1v) is 7.61. The number of anilines is 1. The molecule has 0 atom stereocenters. The van der Waals surface area contributed by atoms with E-state index in [1.54, 1.807) is 0 Å². The van der Waals surface area contributed by atoms with Crippen molar-refractivity contribution in [2.45, 2.75) is 32.7 Å². The third kappa shape index (κ3) is 4.90. The van der Waals surface area contributed by atoms with Crippen LogP contribution < -0.4 is 10.1 Å². The highest BCUT2D eigenvalue weighted by Crippen LogP contribution is 2.14. The number of hydrogen-bond donors (Lipinski definition) is 1. The minimum atomic E-state index is 0.518. The van der Waals surface area contributed by atoms with Crippen LogP contribution in [0.4, 0.5) is 5.95 Å². The van der Waals surface area contributed by atoms with Crippen molar-refractivity contribution in [1.29, 1.82) is 0 Å². The second-order valence-corrected chi connectivity index (χ2v) is 5.09. The lowest BCUT2D eigenvalue weighted by molar-refractivity contribution is 0.305. The van der Waals surface area contributed by atoms with E-state index in [-0.39, 0.29) is 0 Å².